The van der Waals surface area contributed by atoms with Crippen molar-refractivity contribution in [3.63, 3.8) is 0 Å². The average molecular weight is 357 g/mol. The lowest BCUT2D eigenvalue weighted by atomic mass is 9.96. The van der Waals surface area contributed by atoms with Gasteiger partial charge < -0.3 is 19.5 Å². The van der Waals surface area contributed by atoms with E-state index < -0.39 is 0 Å². The van der Waals surface area contributed by atoms with Gasteiger partial charge in [0.25, 0.3) is 0 Å². The standard InChI is InChI=1S/C21H27NO4/c1-16(2)21(17-9-11-18(24-3)12-10-17)22-20(23)15-25-13-14-26-19-7-5-4-6-8-19/h4-12,16,21H,13-15H2,1-3H3,(H,22,23). The topological polar surface area (TPSA) is 56.8 Å². The van der Waals surface area contributed by atoms with Gasteiger partial charge in [-0.25, -0.2) is 0 Å². The van der Waals surface area contributed by atoms with Crippen molar-refractivity contribution in [1.82, 2.24) is 5.32 Å². The Morgan fingerprint density at radius 2 is 1.65 bits per heavy atom. The number of hydrogen-bond donors (Lipinski definition) is 1. The summed E-state index contributed by atoms with van der Waals surface area (Å²) >= 11 is 0. The number of ether oxygens (including phenoxy) is 3. The molecule has 0 aromatic heterocycles. The summed E-state index contributed by atoms with van der Waals surface area (Å²) in [5.41, 5.74) is 1.04. The number of methoxy groups -OCH3 is 1. The fourth-order valence-electron chi connectivity index (χ4n) is 2.56. The van der Waals surface area contributed by atoms with Crippen molar-refractivity contribution < 1.29 is 19.0 Å². The lowest BCUT2D eigenvalue weighted by molar-refractivity contribution is -0.127. The number of carbonyl (C=O) groups excluding carboxylic acids is 1. The summed E-state index contributed by atoms with van der Waals surface area (Å²) < 4.78 is 16.1. The van der Waals surface area contributed by atoms with E-state index in [1.54, 1.807) is 7.11 Å². The van der Waals surface area contributed by atoms with Gasteiger partial charge in [-0.15, -0.1) is 0 Å². The molecule has 0 saturated heterocycles. The van der Waals surface area contributed by atoms with Crippen LogP contribution in [0.25, 0.3) is 0 Å². The monoisotopic (exact) mass is 357 g/mol. The number of benzene rings is 2. The smallest absolute Gasteiger partial charge is 0.246 e. The van der Waals surface area contributed by atoms with Crippen LogP contribution in [0.2, 0.25) is 0 Å². The third kappa shape index (κ3) is 6.41. The maximum absolute atomic E-state index is 12.2. The molecule has 2 aromatic carbocycles. The van der Waals surface area contributed by atoms with E-state index in [1.165, 1.54) is 0 Å². The zero-order valence-corrected chi connectivity index (χ0v) is 15.6. The molecular formula is C21H27NO4. The Morgan fingerprint density at radius 1 is 0.962 bits per heavy atom. The second-order valence-electron chi connectivity index (χ2n) is 6.28. The van der Waals surface area contributed by atoms with Crippen molar-refractivity contribution in [2.75, 3.05) is 26.9 Å². The molecule has 1 N–H and O–H groups in total. The van der Waals surface area contributed by atoms with Crippen LogP contribution in [0.15, 0.2) is 54.6 Å². The van der Waals surface area contributed by atoms with Crippen molar-refractivity contribution in [3.8, 4) is 11.5 Å². The van der Waals surface area contributed by atoms with Crippen LogP contribution in [-0.4, -0.2) is 32.8 Å². The molecule has 0 spiro atoms. The quantitative estimate of drug-likeness (QED) is 0.660. The summed E-state index contributed by atoms with van der Waals surface area (Å²) in [5, 5.41) is 3.03. The Kier molecular flexibility index (Phi) is 7.96. The number of carbonyl (C=O) groups is 1. The Morgan fingerprint density at radius 3 is 2.27 bits per heavy atom. The highest BCUT2D eigenvalue weighted by molar-refractivity contribution is 5.77. The first kappa shape index (κ1) is 19.8. The number of hydrogen-bond acceptors (Lipinski definition) is 4. The molecule has 2 rings (SSSR count). The van der Waals surface area contributed by atoms with Gasteiger partial charge in [0, 0.05) is 0 Å². The van der Waals surface area contributed by atoms with E-state index in [9.17, 15) is 4.79 Å². The first-order chi connectivity index (χ1) is 12.6. The van der Waals surface area contributed by atoms with Gasteiger partial charge in [-0.05, 0) is 35.7 Å². The molecular weight excluding hydrogens is 330 g/mol. The largest absolute Gasteiger partial charge is 0.497 e. The second-order valence-corrected chi connectivity index (χ2v) is 6.28. The van der Waals surface area contributed by atoms with Gasteiger partial charge in [-0.1, -0.05) is 44.2 Å². The number of rotatable bonds is 10. The first-order valence-electron chi connectivity index (χ1n) is 8.79. The van der Waals surface area contributed by atoms with Crippen molar-refractivity contribution in [2.45, 2.75) is 19.9 Å². The Hall–Kier alpha value is -2.53. The predicted octanol–water partition coefficient (Wildman–Crippen LogP) is 3.60. The summed E-state index contributed by atoms with van der Waals surface area (Å²) in [6.07, 6.45) is 0. The highest BCUT2D eigenvalue weighted by Gasteiger charge is 2.18. The van der Waals surface area contributed by atoms with E-state index >= 15 is 0 Å². The minimum atomic E-state index is -0.140. The Labute approximate surface area is 155 Å². The van der Waals surface area contributed by atoms with Gasteiger partial charge in [0.1, 0.15) is 24.7 Å². The van der Waals surface area contributed by atoms with Crippen LogP contribution in [0.1, 0.15) is 25.5 Å². The summed E-state index contributed by atoms with van der Waals surface area (Å²) in [6, 6.07) is 17.2. The minimum absolute atomic E-state index is 0.0114. The van der Waals surface area contributed by atoms with Gasteiger partial charge in [0.15, 0.2) is 0 Å². The Balaban J connectivity index is 1.74. The number of amides is 1. The molecule has 26 heavy (non-hydrogen) atoms. The van der Waals surface area contributed by atoms with Crippen molar-refractivity contribution in [1.29, 1.82) is 0 Å². The molecule has 1 atom stereocenters. The van der Waals surface area contributed by atoms with Gasteiger partial charge in [0.2, 0.25) is 5.91 Å². The molecule has 0 bridgehead atoms. The Bertz CT molecular complexity index is 655. The highest BCUT2D eigenvalue weighted by atomic mass is 16.5. The summed E-state index contributed by atoms with van der Waals surface area (Å²) in [5.74, 6) is 1.71. The zero-order valence-electron chi connectivity index (χ0n) is 15.6. The molecule has 0 aliphatic heterocycles. The van der Waals surface area contributed by atoms with Gasteiger partial charge in [-0.3, -0.25) is 4.79 Å². The van der Waals surface area contributed by atoms with E-state index in [4.69, 9.17) is 14.2 Å². The van der Waals surface area contributed by atoms with E-state index in [2.05, 4.69) is 19.2 Å². The lowest BCUT2D eigenvalue weighted by Gasteiger charge is -2.23. The van der Waals surface area contributed by atoms with Gasteiger partial charge >= 0.3 is 0 Å². The van der Waals surface area contributed by atoms with Crippen LogP contribution in [-0.2, 0) is 9.53 Å². The van der Waals surface area contributed by atoms with E-state index in [0.717, 1.165) is 17.1 Å². The fraction of sp³-hybridized carbons (Fsp3) is 0.381. The highest BCUT2D eigenvalue weighted by Crippen LogP contribution is 2.23. The molecule has 2 aromatic rings. The number of nitrogens with one attached hydrogen (secondary N) is 1. The molecule has 1 amide bonds. The number of para-hydroxylation sites is 1. The zero-order chi connectivity index (χ0) is 18.8. The first-order valence-corrected chi connectivity index (χ1v) is 8.79. The van der Waals surface area contributed by atoms with E-state index in [-0.39, 0.29) is 24.5 Å². The second kappa shape index (κ2) is 10.5. The average Bonchev–Trinajstić information content (AvgIpc) is 2.66. The molecule has 0 fully saturated rings. The fourth-order valence-corrected chi connectivity index (χ4v) is 2.56. The molecule has 1 unspecified atom stereocenters. The third-order valence-corrected chi connectivity index (χ3v) is 3.93. The molecule has 0 aliphatic carbocycles. The predicted molar refractivity (Wildman–Crippen MR) is 101 cm³/mol. The summed E-state index contributed by atoms with van der Waals surface area (Å²) in [4.78, 5) is 12.2. The van der Waals surface area contributed by atoms with Gasteiger partial charge in [0.05, 0.1) is 19.8 Å². The summed E-state index contributed by atoms with van der Waals surface area (Å²) in [6.45, 7) is 4.92. The molecule has 5 heteroatoms. The molecule has 140 valence electrons. The maximum atomic E-state index is 12.2. The van der Waals surface area contributed by atoms with Crippen LogP contribution in [0.3, 0.4) is 0 Å². The van der Waals surface area contributed by atoms with Crippen LogP contribution in [0.5, 0.6) is 11.5 Å². The SMILES string of the molecule is COc1ccc(C(NC(=O)COCCOc2ccccc2)C(C)C)cc1. The normalized spacial score (nSPS) is 11.8. The van der Waals surface area contributed by atoms with Crippen LogP contribution < -0.4 is 14.8 Å². The van der Waals surface area contributed by atoms with Crippen LogP contribution in [0.4, 0.5) is 0 Å². The molecule has 0 saturated carbocycles. The molecule has 0 aliphatic rings. The van der Waals surface area contributed by atoms with Crippen molar-refractivity contribution in [2.24, 2.45) is 5.92 Å². The van der Waals surface area contributed by atoms with E-state index in [0.29, 0.717) is 13.2 Å². The summed E-state index contributed by atoms with van der Waals surface area (Å²) in [7, 11) is 1.63. The van der Waals surface area contributed by atoms with Crippen molar-refractivity contribution >= 4 is 5.91 Å². The minimum Gasteiger partial charge on any atom is -0.497 e. The van der Waals surface area contributed by atoms with Gasteiger partial charge in [-0.2, -0.15) is 0 Å². The molecule has 0 radical (unpaired) electrons. The lowest BCUT2D eigenvalue weighted by Crippen LogP contribution is -2.34. The maximum Gasteiger partial charge on any atom is 0.246 e. The molecule has 5 nitrogen and oxygen atoms in total. The van der Waals surface area contributed by atoms with E-state index in [1.807, 2.05) is 54.6 Å². The molecule has 0 heterocycles. The third-order valence-electron chi connectivity index (χ3n) is 3.93. The van der Waals surface area contributed by atoms with Crippen LogP contribution in [0, 0.1) is 5.92 Å². The van der Waals surface area contributed by atoms with Crippen LogP contribution >= 0.6 is 0 Å². The van der Waals surface area contributed by atoms with Crippen molar-refractivity contribution in [3.05, 3.63) is 60.2 Å².